The first-order chi connectivity index (χ1) is 13.7. The quantitative estimate of drug-likeness (QED) is 0.429. The molecule has 29 heavy (non-hydrogen) atoms. The van der Waals surface area contributed by atoms with E-state index in [-0.39, 0.29) is 16.6 Å². The second-order valence-electron chi connectivity index (χ2n) is 5.97. The predicted molar refractivity (Wildman–Crippen MR) is 124 cm³/mol. The Kier molecular flexibility index (Phi) is 8.27. The van der Waals surface area contributed by atoms with Crippen molar-refractivity contribution in [1.82, 2.24) is 4.90 Å². The molecule has 0 unspecified atom stereocenters. The number of thiocarbonyl (C=S) groups is 1. The number of methoxy groups -OCH3 is 1. The Labute approximate surface area is 189 Å². The maximum Gasteiger partial charge on any atom is 0.341 e. The van der Waals surface area contributed by atoms with Gasteiger partial charge in [0.25, 0.3) is 5.91 Å². The van der Waals surface area contributed by atoms with Gasteiger partial charge in [-0.15, -0.1) is 11.3 Å². The summed E-state index contributed by atoms with van der Waals surface area (Å²) in [5.74, 6) is -0.690. The number of ether oxygens (including phenoxy) is 1. The van der Waals surface area contributed by atoms with Crippen molar-refractivity contribution in [2.24, 2.45) is 0 Å². The zero-order valence-electron chi connectivity index (χ0n) is 16.4. The third-order valence-corrected chi connectivity index (χ3v) is 5.96. The molecule has 6 nitrogen and oxygen atoms in total. The molecule has 0 saturated heterocycles. The lowest BCUT2D eigenvalue weighted by molar-refractivity contribution is 0.0601. The Morgan fingerprint density at radius 3 is 2.24 bits per heavy atom. The van der Waals surface area contributed by atoms with Crippen LogP contribution in [0.4, 0.5) is 10.7 Å². The van der Waals surface area contributed by atoms with Gasteiger partial charge in [0, 0.05) is 28.8 Å². The zero-order valence-corrected chi connectivity index (χ0v) is 19.5. The van der Waals surface area contributed by atoms with Crippen LogP contribution in [0.15, 0.2) is 18.2 Å². The van der Waals surface area contributed by atoms with Crippen LogP contribution in [0.5, 0.6) is 0 Å². The summed E-state index contributed by atoms with van der Waals surface area (Å²) in [6.07, 6.45) is 0. The van der Waals surface area contributed by atoms with E-state index in [1.54, 1.807) is 30.0 Å². The van der Waals surface area contributed by atoms with Gasteiger partial charge in [0.1, 0.15) is 5.00 Å². The number of benzene rings is 1. The molecular formula is C19H21Cl2N3O3S2. The van der Waals surface area contributed by atoms with Gasteiger partial charge >= 0.3 is 5.97 Å². The molecule has 10 heteroatoms. The van der Waals surface area contributed by atoms with E-state index in [0.717, 1.165) is 11.3 Å². The monoisotopic (exact) mass is 473 g/mol. The van der Waals surface area contributed by atoms with Crippen molar-refractivity contribution in [3.05, 3.63) is 44.2 Å². The van der Waals surface area contributed by atoms with Crippen molar-refractivity contribution in [3.8, 4) is 0 Å². The molecule has 1 aromatic heterocycles. The molecule has 1 amide bonds. The van der Waals surface area contributed by atoms with Crippen LogP contribution >= 0.6 is 46.8 Å². The minimum atomic E-state index is -0.548. The van der Waals surface area contributed by atoms with E-state index < -0.39 is 5.97 Å². The van der Waals surface area contributed by atoms with Crippen LogP contribution in [0.3, 0.4) is 0 Å². The highest BCUT2D eigenvalue weighted by molar-refractivity contribution is 7.80. The van der Waals surface area contributed by atoms with Gasteiger partial charge in [-0.2, -0.15) is 0 Å². The van der Waals surface area contributed by atoms with E-state index in [2.05, 4.69) is 10.6 Å². The molecule has 0 bridgehead atoms. The fourth-order valence-electron chi connectivity index (χ4n) is 2.70. The predicted octanol–water partition coefficient (Wildman–Crippen LogP) is 5.44. The summed E-state index contributed by atoms with van der Waals surface area (Å²) in [6.45, 7) is 6.66. The second kappa shape index (κ2) is 10.2. The van der Waals surface area contributed by atoms with Crippen molar-refractivity contribution < 1.29 is 14.3 Å². The number of hydrogen-bond donors (Lipinski definition) is 2. The molecule has 1 aromatic carbocycles. The number of thiophene rings is 1. The first kappa shape index (κ1) is 23.4. The molecular weight excluding hydrogens is 453 g/mol. The Hall–Kier alpha value is -1.87. The van der Waals surface area contributed by atoms with Crippen LogP contribution in [0, 0.1) is 6.92 Å². The molecule has 0 saturated carbocycles. The summed E-state index contributed by atoms with van der Waals surface area (Å²) >= 11 is 18.5. The summed E-state index contributed by atoms with van der Waals surface area (Å²) in [4.78, 5) is 27.3. The first-order valence-corrected chi connectivity index (χ1v) is 10.7. The molecule has 2 aromatic rings. The van der Waals surface area contributed by atoms with E-state index in [0.29, 0.717) is 44.3 Å². The molecule has 0 aliphatic heterocycles. The third-order valence-electron chi connectivity index (χ3n) is 4.13. The van der Waals surface area contributed by atoms with Crippen molar-refractivity contribution in [1.29, 1.82) is 0 Å². The van der Waals surface area contributed by atoms with Gasteiger partial charge in [0.05, 0.1) is 17.6 Å². The van der Waals surface area contributed by atoms with E-state index in [4.69, 9.17) is 40.2 Å². The van der Waals surface area contributed by atoms with Crippen molar-refractivity contribution in [3.63, 3.8) is 0 Å². The van der Waals surface area contributed by atoms with Crippen LogP contribution in [0.25, 0.3) is 0 Å². The topological polar surface area (TPSA) is 70.7 Å². The molecule has 0 fully saturated rings. The summed E-state index contributed by atoms with van der Waals surface area (Å²) < 4.78 is 4.90. The normalized spacial score (nSPS) is 10.4. The number of hydrogen-bond acceptors (Lipinski definition) is 5. The fourth-order valence-corrected chi connectivity index (χ4v) is 4.68. The highest BCUT2D eigenvalue weighted by Gasteiger charge is 2.27. The van der Waals surface area contributed by atoms with Gasteiger partial charge in [-0.25, -0.2) is 4.79 Å². The van der Waals surface area contributed by atoms with Crippen molar-refractivity contribution >= 4 is 74.4 Å². The molecule has 0 aliphatic carbocycles. The number of nitrogens with one attached hydrogen (secondary N) is 2. The first-order valence-electron chi connectivity index (χ1n) is 8.76. The Morgan fingerprint density at radius 2 is 1.72 bits per heavy atom. The Bertz CT molecular complexity index is 923. The standard InChI is InChI=1S/C19H21Cl2N3O3S2/c1-5-24(6-2)17(25)15-10(3)14(18(26)27-4)16(29-15)23-19(28)22-13-8-11(20)7-12(21)9-13/h7-9H,5-6H2,1-4H3,(H2,22,23,28). The smallest absolute Gasteiger partial charge is 0.341 e. The number of amides is 1. The highest BCUT2D eigenvalue weighted by atomic mass is 35.5. The number of carbonyl (C=O) groups excluding carboxylic acids is 2. The molecule has 0 radical (unpaired) electrons. The maximum absolute atomic E-state index is 12.8. The van der Waals surface area contributed by atoms with E-state index in [9.17, 15) is 9.59 Å². The fraction of sp³-hybridized carbons (Fsp3) is 0.316. The van der Waals surface area contributed by atoms with E-state index in [1.165, 1.54) is 7.11 Å². The Morgan fingerprint density at radius 1 is 1.14 bits per heavy atom. The van der Waals surface area contributed by atoms with Crippen molar-refractivity contribution in [2.45, 2.75) is 20.8 Å². The van der Waals surface area contributed by atoms with Crippen LogP contribution in [-0.2, 0) is 4.74 Å². The van der Waals surface area contributed by atoms with Gasteiger partial charge in [-0.05, 0) is 56.8 Å². The van der Waals surface area contributed by atoms with Gasteiger partial charge in [0.15, 0.2) is 5.11 Å². The molecule has 1 heterocycles. The summed E-state index contributed by atoms with van der Waals surface area (Å²) in [5.41, 5.74) is 1.42. The molecule has 156 valence electrons. The zero-order chi connectivity index (χ0) is 21.7. The Balaban J connectivity index is 2.35. The SMILES string of the molecule is CCN(CC)C(=O)c1sc(NC(=S)Nc2cc(Cl)cc(Cl)c2)c(C(=O)OC)c1C. The number of anilines is 2. The van der Waals surface area contributed by atoms with Gasteiger partial charge in [-0.3, -0.25) is 4.79 Å². The number of esters is 1. The average molecular weight is 474 g/mol. The third kappa shape index (κ3) is 5.60. The number of halogens is 2. The highest BCUT2D eigenvalue weighted by Crippen LogP contribution is 2.35. The van der Waals surface area contributed by atoms with Crippen LogP contribution in [0.2, 0.25) is 10.0 Å². The van der Waals surface area contributed by atoms with E-state index >= 15 is 0 Å². The van der Waals surface area contributed by atoms with Crippen molar-refractivity contribution in [2.75, 3.05) is 30.8 Å². The van der Waals surface area contributed by atoms with Gasteiger partial charge in [0.2, 0.25) is 0 Å². The molecule has 2 N–H and O–H groups in total. The lowest BCUT2D eigenvalue weighted by Crippen LogP contribution is -2.30. The number of carbonyl (C=O) groups is 2. The average Bonchev–Trinajstić information content (AvgIpc) is 2.96. The summed E-state index contributed by atoms with van der Waals surface area (Å²) in [5, 5.41) is 7.51. The minimum absolute atomic E-state index is 0.142. The summed E-state index contributed by atoms with van der Waals surface area (Å²) in [6, 6.07) is 4.93. The molecule has 2 rings (SSSR count). The summed E-state index contributed by atoms with van der Waals surface area (Å²) in [7, 11) is 1.29. The lowest BCUT2D eigenvalue weighted by atomic mass is 10.1. The molecule has 0 aliphatic rings. The van der Waals surface area contributed by atoms with E-state index in [1.807, 2.05) is 13.8 Å². The maximum atomic E-state index is 12.8. The van der Waals surface area contributed by atoms with Crippen LogP contribution in [0.1, 0.15) is 39.4 Å². The largest absolute Gasteiger partial charge is 0.465 e. The van der Waals surface area contributed by atoms with Gasteiger partial charge in [-0.1, -0.05) is 23.2 Å². The second-order valence-corrected chi connectivity index (χ2v) is 8.27. The minimum Gasteiger partial charge on any atom is -0.465 e. The number of rotatable bonds is 6. The number of nitrogens with zero attached hydrogens (tertiary/aromatic N) is 1. The van der Waals surface area contributed by atoms with Gasteiger partial charge < -0.3 is 20.3 Å². The molecule has 0 atom stereocenters. The molecule has 0 spiro atoms. The van der Waals surface area contributed by atoms with Crippen LogP contribution < -0.4 is 10.6 Å². The lowest BCUT2D eigenvalue weighted by Gasteiger charge is -2.18. The van der Waals surface area contributed by atoms with Crippen LogP contribution in [-0.4, -0.2) is 42.1 Å².